The Balaban J connectivity index is 1.03. The molecule has 0 amide bonds. The van der Waals surface area contributed by atoms with Crippen LogP contribution in [0.3, 0.4) is 0 Å². The summed E-state index contributed by atoms with van der Waals surface area (Å²) in [5.41, 5.74) is 40.3. The van der Waals surface area contributed by atoms with Gasteiger partial charge < -0.3 is 9.80 Å². The minimum atomic E-state index is -0.737. The van der Waals surface area contributed by atoms with Crippen molar-refractivity contribution in [1.29, 1.82) is 0 Å². The fraction of sp³-hybridized carbons (Fsp3) is 0.210. The number of nitrogens with zero attached hydrogens (tertiary/aromatic N) is 2. The second-order valence-electron chi connectivity index (χ2n) is 40.9. The van der Waals surface area contributed by atoms with Gasteiger partial charge in [0.2, 0.25) is 0 Å². The third-order valence-corrected chi connectivity index (χ3v) is 26.6. The molecular formula is C119H111BN2. The van der Waals surface area contributed by atoms with Crippen molar-refractivity contribution < 1.29 is 0 Å². The number of anilines is 6. The van der Waals surface area contributed by atoms with E-state index in [-0.39, 0.29) is 39.2 Å². The molecule has 1 atom stereocenters. The van der Waals surface area contributed by atoms with Crippen molar-refractivity contribution in [2.24, 2.45) is 0 Å². The van der Waals surface area contributed by atoms with Crippen LogP contribution in [0.25, 0.3) is 99.8 Å². The molecule has 0 bridgehead atoms. The third kappa shape index (κ3) is 13.7. The first kappa shape index (κ1) is 79.2. The van der Waals surface area contributed by atoms with Gasteiger partial charge in [-0.2, -0.15) is 0 Å². The highest BCUT2D eigenvalue weighted by atomic mass is 15.2. The summed E-state index contributed by atoms with van der Waals surface area (Å²) in [5, 5.41) is 2.43. The molecule has 1 unspecified atom stereocenters. The van der Waals surface area contributed by atoms with E-state index in [0.717, 1.165) is 78.6 Å². The van der Waals surface area contributed by atoms with Gasteiger partial charge in [0, 0.05) is 45.0 Å². The van der Waals surface area contributed by atoms with Gasteiger partial charge in [0.25, 0.3) is 6.71 Å². The Hall–Kier alpha value is -12.6. The third-order valence-electron chi connectivity index (χ3n) is 26.6. The van der Waals surface area contributed by atoms with Crippen LogP contribution in [-0.4, -0.2) is 6.71 Å². The second-order valence-corrected chi connectivity index (χ2v) is 40.9. The lowest BCUT2D eigenvalue weighted by molar-refractivity contribution is 0.568. The highest BCUT2D eigenvalue weighted by Crippen LogP contribution is 2.61. The SMILES string of the molecule is CC(C)(C)c1cc(-c2ccc3c(c2)B2c4ccc(-c5cccc6c5C(c5ccccc5)(c5ccc7ccccc7c5)c5ccccc5-6)cc4N(c4c(-c5ccccc5)cc(C(C)(C)C)cc4-c4ccccc4)c4cc(-c5cc(C(C)(C)C)cc(C(C)(C)C)c5)cc(c42)N3c2c(-c3ccccc3)cc(C(C)(C)C)cc2-c2ccccc2)cc(C(C)(C)C)c1. The molecule has 19 rings (SSSR count). The molecule has 0 saturated heterocycles. The molecule has 600 valence electrons. The van der Waals surface area contributed by atoms with Gasteiger partial charge in [-0.05, 0) is 237 Å². The van der Waals surface area contributed by atoms with E-state index in [4.69, 9.17) is 0 Å². The second kappa shape index (κ2) is 29.4. The van der Waals surface area contributed by atoms with Gasteiger partial charge in [0.1, 0.15) is 0 Å². The van der Waals surface area contributed by atoms with Crippen LogP contribution in [0.1, 0.15) is 180 Å². The first-order valence-corrected chi connectivity index (χ1v) is 44.1. The molecule has 0 aromatic heterocycles. The van der Waals surface area contributed by atoms with E-state index in [1.54, 1.807) is 0 Å². The van der Waals surface area contributed by atoms with Crippen molar-refractivity contribution >= 4 is 68.0 Å². The van der Waals surface area contributed by atoms with Crippen LogP contribution in [0.4, 0.5) is 34.1 Å². The van der Waals surface area contributed by atoms with Crippen LogP contribution >= 0.6 is 0 Å². The largest absolute Gasteiger partial charge is 0.310 e. The highest BCUT2D eigenvalue weighted by Gasteiger charge is 2.50. The smallest absolute Gasteiger partial charge is 0.252 e. The molecule has 3 aliphatic rings. The maximum absolute atomic E-state index is 2.80. The molecule has 16 aromatic carbocycles. The zero-order valence-electron chi connectivity index (χ0n) is 74.4. The van der Waals surface area contributed by atoms with E-state index in [1.165, 1.54) is 127 Å². The van der Waals surface area contributed by atoms with E-state index in [9.17, 15) is 0 Å². The summed E-state index contributed by atoms with van der Waals surface area (Å²) >= 11 is 0. The molecule has 2 heterocycles. The minimum Gasteiger partial charge on any atom is -0.310 e. The van der Waals surface area contributed by atoms with Gasteiger partial charge in [-0.3, -0.25) is 0 Å². The van der Waals surface area contributed by atoms with Crippen molar-refractivity contribution in [1.82, 2.24) is 0 Å². The van der Waals surface area contributed by atoms with Crippen LogP contribution in [0.5, 0.6) is 0 Å². The van der Waals surface area contributed by atoms with Crippen LogP contribution in [-0.2, 0) is 37.9 Å². The molecule has 2 aliphatic heterocycles. The molecule has 2 nitrogen and oxygen atoms in total. The summed E-state index contributed by atoms with van der Waals surface area (Å²) in [6.07, 6.45) is 0. The number of rotatable bonds is 11. The van der Waals surface area contributed by atoms with Crippen molar-refractivity contribution in [2.75, 3.05) is 9.80 Å². The van der Waals surface area contributed by atoms with Gasteiger partial charge in [-0.25, -0.2) is 0 Å². The van der Waals surface area contributed by atoms with Gasteiger partial charge >= 0.3 is 0 Å². The summed E-state index contributed by atoms with van der Waals surface area (Å²) in [7, 11) is 0. The van der Waals surface area contributed by atoms with Crippen LogP contribution < -0.4 is 26.2 Å². The van der Waals surface area contributed by atoms with Gasteiger partial charge in [-0.15, -0.1) is 0 Å². The van der Waals surface area contributed by atoms with Crippen molar-refractivity contribution in [3.8, 4) is 89.0 Å². The standard InChI is InChI=1S/C119H111BN2/c1-113(2,3)89-62-84(63-90(70-89)114(4,5)6)82-57-60-105-104(66-82)120-103-59-56-83(95-52-38-53-97-96-51-36-37-54-102(96)119(109(95)97,87-49-32-23-33-50-87)88-58-55-76-39-34-35-48-81(76)61-88)67-106(103)122(112-100(79-44-28-21-29-45-79)74-94(118(16,17)18)75-101(112)80-46-30-22-31-47-80)108-69-86(85-64-91(115(7,8)9)71-92(65-85)116(10,11)12)68-107(110(108)120)121(105)111-98(77-40-24-19-25-41-77)72-93(117(13,14)15)73-99(111)78-42-26-20-27-43-78/h19-75H,1-18H3. The Morgan fingerprint density at radius 2 is 0.582 bits per heavy atom. The molecule has 0 spiro atoms. The summed E-state index contributed by atoms with van der Waals surface area (Å²) in [6, 6.07) is 135. The van der Waals surface area contributed by atoms with E-state index >= 15 is 0 Å². The molecule has 3 heteroatoms. The summed E-state index contributed by atoms with van der Waals surface area (Å²) < 4.78 is 0. The Kier molecular flexibility index (Phi) is 19.1. The quantitative estimate of drug-likeness (QED) is 0.119. The Bertz CT molecular complexity index is 6600. The van der Waals surface area contributed by atoms with Crippen molar-refractivity contribution in [3.05, 3.63) is 401 Å². The Morgan fingerprint density at radius 1 is 0.213 bits per heavy atom. The molecular weight excluding hydrogens is 1470 g/mol. The van der Waals surface area contributed by atoms with E-state index in [0.29, 0.717) is 0 Å². The monoisotopic (exact) mass is 1580 g/mol. The lowest BCUT2D eigenvalue weighted by Crippen LogP contribution is -2.61. The first-order valence-electron chi connectivity index (χ1n) is 44.1. The lowest BCUT2D eigenvalue weighted by Gasteiger charge is -2.46. The van der Waals surface area contributed by atoms with Crippen LogP contribution in [0.15, 0.2) is 346 Å². The number of hydrogen-bond donors (Lipinski definition) is 0. The first-order chi connectivity index (χ1) is 58.3. The van der Waals surface area contributed by atoms with E-state index in [1.807, 2.05) is 0 Å². The minimum absolute atomic E-state index is 0.128. The van der Waals surface area contributed by atoms with Gasteiger partial charge in [0.15, 0.2) is 0 Å². The Morgan fingerprint density at radius 3 is 1.05 bits per heavy atom. The molecule has 16 aromatic rings. The summed E-state index contributed by atoms with van der Waals surface area (Å²) in [6.45, 7) is 42.4. The average Bonchev–Trinajstić information content (AvgIpc) is 1.31. The fourth-order valence-corrected chi connectivity index (χ4v) is 19.8. The highest BCUT2D eigenvalue weighted by molar-refractivity contribution is 7.00. The van der Waals surface area contributed by atoms with Crippen molar-refractivity contribution in [2.45, 2.75) is 163 Å². The summed E-state index contributed by atoms with van der Waals surface area (Å²) in [5.74, 6) is 0. The summed E-state index contributed by atoms with van der Waals surface area (Å²) in [4.78, 5) is 5.56. The molecule has 1 aliphatic carbocycles. The molecule has 0 radical (unpaired) electrons. The molecule has 0 saturated carbocycles. The molecule has 0 N–H and O–H groups in total. The topological polar surface area (TPSA) is 6.48 Å². The zero-order valence-corrected chi connectivity index (χ0v) is 74.4. The maximum atomic E-state index is 2.80. The number of hydrogen-bond acceptors (Lipinski definition) is 2. The predicted molar refractivity (Wildman–Crippen MR) is 526 cm³/mol. The lowest BCUT2D eigenvalue weighted by atomic mass is 9.33. The van der Waals surface area contributed by atoms with Gasteiger partial charge in [0.05, 0.1) is 16.8 Å². The molecule has 122 heavy (non-hydrogen) atoms. The van der Waals surface area contributed by atoms with Crippen molar-refractivity contribution in [3.63, 3.8) is 0 Å². The predicted octanol–water partition coefficient (Wildman–Crippen LogP) is 30.7. The number of benzene rings is 16. The van der Waals surface area contributed by atoms with E-state index in [2.05, 4.69) is 480 Å². The van der Waals surface area contributed by atoms with Crippen LogP contribution in [0.2, 0.25) is 0 Å². The van der Waals surface area contributed by atoms with Gasteiger partial charge in [-0.1, -0.05) is 416 Å². The fourth-order valence-electron chi connectivity index (χ4n) is 19.8. The Labute approximate surface area is 725 Å². The zero-order chi connectivity index (χ0) is 84.9. The average molecular weight is 1580 g/mol. The van der Waals surface area contributed by atoms with Crippen LogP contribution in [0, 0.1) is 0 Å². The maximum Gasteiger partial charge on any atom is 0.252 e. The normalized spacial score (nSPS) is 14.5. The van der Waals surface area contributed by atoms with E-state index < -0.39 is 5.41 Å². The molecule has 0 fully saturated rings. The number of fused-ring (bicyclic) bond motifs is 8.